The van der Waals surface area contributed by atoms with E-state index in [1.165, 1.54) is 12.1 Å². The van der Waals surface area contributed by atoms with Gasteiger partial charge in [0.05, 0.1) is 23.9 Å². The fourth-order valence-corrected chi connectivity index (χ4v) is 5.95. The molecular weight excluding hydrogens is 471 g/mol. The monoisotopic (exact) mass is 501 g/mol. The molecular formula is C27H30F3N3O3. The van der Waals surface area contributed by atoms with Crippen LogP contribution in [0.3, 0.4) is 0 Å². The molecule has 0 bridgehead atoms. The summed E-state index contributed by atoms with van der Waals surface area (Å²) < 4.78 is 48.1. The molecule has 1 aromatic carbocycles. The van der Waals surface area contributed by atoms with E-state index in [1.807, 2.05) is 25.3 Å². The number of aryl methyl sites for hydroxylation is 1. The van der Waals surface area contributed by atoms with Gasteiger partial charge in [-0.1, -0.05) is 0 Å². The van der Waals surface area contributed by atoms with Crippen LogP contribution >= 0.6 is 0 Å². The SMILES string of the molecule is COc1ccn2nc(C)c(C(=O)CCC3CC4(CCN(c5ccc(OC(F)(F)F)cc5)CC4)C3)c2c1. The van der Waals surface area contributed by atoms with Crippen LogP contribution in [-0.2, 0) is 0 Å². The number of ether oxygens (including phenoxy) is 2. The lowest BCUT2D eigenvalue weighted by atomic mass is 9.56. The number of anilines is 1. The molecule has 3 heterocycles. The van der Waals surface area contributed by atoms with Crippen molar-refractivity contribution >= 4 is 17.0 Å². The Bertz CT molecular complexity index is 1240. The maximum absolute atomic E-state index is 13.1. The predicted octanol–water partition coefficient (Wildman–Crippen LogP) is 6.21. The van der Waals surface area contributed by atoms with Gasteiger partial charge in [-0.2, -0.15) is 5.10 Å². The third-order valence-electron chi connectivity index (χ3n) is 7.78. The van der Waals surface area contributed by atoms with Crippen LogP contribution in [0.25, 0.3) is 5.52 Å². The Hall–Kier alpha value is -3.23. The lowest BCUT2D eigenvalue weighted by Crippen LogP contribution is -2.47. The van der Waals surface area contributed by atoms with Crippen LogP contribution in [0.15, 0.2) is 42.6 Å². The number of carbonyl (C=O) groups is 1. The molecule has 0 radical (unpaired) electrons. The van der Waals surface area contributed by atoms with Gasteiger partial charge in [0.1, 0.15) is 11.5 Å². The topological polar surface area (TPSA) is 56.1 Å². The van der Waals surface area contributed by atoms with Gasteiger partial charge >= 0.3 is 6.36 Å². The van der Waals surface area contributed by atoms with Gasteiger partial charge in [-0.25, -0.2) is 4.52 Å². The molecule has 192 valence electrons. The predicted molar refractivity (Wildman–Crippen MR) is 130 cm³/mol. The number of rotatable bonds is 7. The van der Waals surface area contributed by atoms with Crippen molar-refractivity contribution in [2.24, 2.45) is 11.3 Å². The summed E-state index contributed by atoms with van der Waals surface area (Å²) >= 11 is 0. The zero-order chi connectivity index (χ0) is 25.5. The van der Waals surface area contributed by atoms with Crippen LogP contribution in [-0.4, -0.2) is 42.0 Å². The molecule has 1 saturated carbocycles. The fourth-order valence-electron chi connectivity index (χ4n) is 5.95. The van der Waals surface area contributed by atoms with E-state index in [1.54, 1.807) is 23.8 Å². The van der Waals surface area contributed by atoms with Crippen molar-refractivity contribution in [3.63, 3.8) is 0 Å². The van der Waals surface area contributed by atoms with Crippen molar-refractivity contribution < 1.29 is 27.4 Å². The van der Waals surface area contributed by atoms with Crippen molar-refractivity contribution in [2.45, 2.75) is 51.8 Å². The molecule has 0 unspecified atom stereocenters. The van der Waals surface area contributed by atoms with Gasteiger partial charge in [0.25, 0.3) is 0 Å². The molecule has 1 spiro atoms. The van der Waals surface area contributed by atoms with Gasteiger partial charge in [0.15, 0.2) is 5.78 Å². The van der Waals surface area contributed by atoms with Crippen molar-refractivity contribution in [1.29, 1.82) is 0 Å². The minimum atomic E-state index is -4.68. The van der Waals surface area contributed by atoms with Crippen LogP contribution < -0.4 is 14.4 Å². The number of Topliss-reactive ketones (excluding diaryl/α,β-unsaturated/α-hetero) is 1. The van der Waals surface area contributed by atoms with Crippen LogP contribution in [0, 0.1) is 18.3 Å². The minimum Gasteiger partial charge on any atom is -0.497 e. The molecule has 36 heavy (non-hydrogen) atoms. The molecule has 2 fully saturated rings. The Labute approximate surface area is 208 Å². The second-order valence-corrected chi connectivity index (χ2v) is 10.1. The second-order valence-electron chi connectivity index (χ2n) is 10.1. The molecule has 2 aliphatic rings. The number of hydrogen-bond acceptors (Lipinski definition) is 5. The van der Waals surface area contributed by atoms with E-state index in [0.717, 1.165) is 62.1 Å². The van der Waals surface area contributed by atoms with E-state index in [4.69, 9.17) is 4.74 Å². The zero-order valence-electron chi connectivity index (χ0n) is 20.5. The number of alkyl halides is 3. The average molecular weight is 502 g/mol. The maximum Gasteiger partial charge on any atom is 0.573 e. The first-order valence-corrected chi connectivity index (χ1v) is 12.3. The van der Waals surface area contributed by atoms with E-state index in [0.29, 0.717) is 29.1 Å². The molecule has 0 amide bonds. The van der Waals surface area contributed by atoms with Crippen LogP contribution in [0.4, 0.5) is 18.9 Å². The van der Waals surface area contributed by atoms with Crippen LogP contribution in [0.1, 0.15) is 54.6 Å². The highest BCUT2D eigenvalue weighted by molar-refractivity contribution is 6.03. The number of ketones is 1. The summed E-state index contributed by atoms with van der Waals surface area (Å²) in [5.74, 6) is 1.18. The summed E-state index contributed by atoms with van der Waals surface area (Å²) in [5.41, 5.74) is 3.46. The first-order valence-electron chi connectivity index (χ1n) is 12.3. The quantitative estimate of drug-likeness (QED) is 0.360. The Kier molecular flexibility index (Phi) is 6.34. The number of methoxy groups -OCH3 is 1. The number of piperidine rings is 1. The number of pyridine rings is 1. The number of fused-ring (bicyclic) bond motifs is 1. The third-order valence-corrected chi connectivity index (χ3v) is 7.78. The van der Waals surface area contributed by atoms with Crippen molar-refractivity contribution in [2.75, 3.05) is 25.1 Å². The molecule has 1 aliphatic heterocycles. The second kappa shape index (κ2) is 9.33. The summed E-state index contributed by atoms with van der Waals surface area (Å²) in [7, 11) is 1.61. The Morgan fingerprint density at radius 2 is 1.81 bits per heavy atom. The summed E-state index contributed by atoms with van der Waals surface area (Å²) in [4.78, 5) is 15.3. The van der Waals surface area contributed by atoms with Gasteiger partial charge in [-0.05, 0) is 80.7 Å². The van der Waals surface area contributed by atoms with E-state index in [2.05, 4.69) is 14.7 Å². The van der Waals surface area contributed by atoms with Crippen LogP contribution in [0.5, 0.6) is 11.5 Å². The van der Waals surface area contributed by atoms with Crippen molar-refractivity contribution in [3.8, 4) is 11.5 Å². The average Bonchev–Trinajstić information content (AvgIpc) is 3.16. The molecule has 5 rings (SSSR count). The number of hydrogen-bond donors (Lipinski definition) is 0. The highest BCUT2D eigenvalue weighted by atomic mass is 19.4. The summed E-state index contributed by atoms with van der Waals surface area (Å²) in [6.07, 6.45) is 2.91. The molecule has 0 N–H and O–H groups in total. The first-order chi connectivity index (χ1) is 17.1. The van der Waals surface area contributed by atoms with Gasteiger partial charge in [0, 0.05) is 37.5 Å². The number of halogens is 3. The molecule has 1 saturated heterocycles. The molecule has 6 nitrogen and oxygen atoms in total. The minimum absolute atomic E-state index is 0.129. The van der Waals surface area contributed by atoms with E-state index >= 15 is 0 Å². The number of nitrogens with zero attached hydrogens (tertiary/aromatic N) is 3. The largest absolute Gasteiger partial charge is 0.573 e. The Balaban J connectivity index is 1.11. The number of aromatic nitrogens is 2. The zero-order valence-corrected chi connectivity index (χ0v) is 20.5. The molecule has 9 heteroatoms. The highest BCUT2D eigenvalue weighted by Gasteiger charge is 2.45. The lowest BCUT2D eigenvalue weighted by Gasteiger charge is -2.53. The Morgan fingerprint density at radius 1 is 1.11 bits per heavy atom. The summed E-state index contributed by atoms with van der Waals surface area (Å²) in [5, 5.41) is 4.47. The van der Waals surface area contributed by atoms with Gasteiger partial charge in [0.2, 0.25) is 0 Å². The van der Waals surface area contributed by atoms with Crippen molar-refractivity contribution in [3.05, 3.63) is 53.9 Å². The number of benzene rings is 1. The smallest absolute Gasteiger partial charge is 0.497 e. The maximum atomic E-state index is 13.1. The standard InChI is InChI=1S/C27H30F3N3O3/c1-18-25(23-15-22(35-2)9-12-33(23)31-18)24(34)8-3-19-16-26(17-19)10-13-32(14-11-26)20-4-6-21(7-5-20)36-27(28,29)30/h4-7,9,12,15,19H,3,8,10-11,13-14,16-17H2,1-2H3. The van der Waals surface area contributed by atoms with Crippen LogP contribution in [0.2, 0.25) is 0 Å². The van der Waals surface area contributed by atoms with Gasteiger partial charge in [-0.15, -0.1) is 13.2 Å². The summed E-state index contributed by atoms with van der Waals surface area (Å²) in [6, 6.07) is 9.79. The van der Waals surface area contributed by atoms with E-state index in [-0.39, 0.29) is 11.5 Å². The van der Waals surface area contributed by atoms with E-state index in [9.17, 15) is 18.0 Å². The molecule has 3 aromatic rings. The first kappa shape index (κ1) is 24.5. The Morgan fingerprint density at radius 3 is 2.44 bits per heavy atom. The highest BCUT2D eigenvalue weighted by Crippen LogP contribution is 2.54. The van der Waals surface area contributed by atoms with E-state index < -0.39 is 6.36 Å². The lowest BCUT2D eigenvalue weighted by molar-refractivity contribution is -0.274. The molecule has 0 atom stereocenters. The summed E-state index contributed by atoms with van der Waals surface area (Å²) in [6.45, 7) is 3.64. The van der Waals surface area contributed by atoms with Gasteiger partial charge < -0.3 is 14.4 Å². The molecule has 1 aliphatic carbocycles. The fraction of sp³-hybridized carbons (Fsp3) is 0.481. The normalized spacial score (nSPS) is 17.9. The van der Waals surface area contributed by atoms with Crippen molar-refractivity contribution in [1.82, 2.24) is 9.61 Å². The molecule has 2 aromatic heterocycles. The number of carbonyl (C=O) groups excluding carboxylic acids is 1. The third kappa shape index (κ3) is 5.01. The van der Waals surface area contributed by atoms with Gasteiger partial charge in [-0.3, -0.25) is 4.79 Å².